The van der Waals surface area contributed by atoms with E-state index in [1.165, 1.54) is 20.4 Å². The fourth-order valence-electron chi connectivity index (χ4n) is 2.66. The maximum atomic E-state index is 12.1. The summed E-state index contributed by atoms with van der Waals surface area (Å²) in [6.07, 6.45) is 1.01. The average molecular weight is 506 g/mol. The highest BCUT2D eigenvalue weighted by atomic mass is 79.9. The summed E-state index contributed by atoms with van der Waals surface area (Å²) in [5.41, 5.74) is 5.55. The van der Waals surface area contributed by atoms with Crippen molar-refractivity contribution in [1.82, 2.24) is 5.43 Å². The molecule has 2 N–H and O–H groups in total. The van der Waals surface area contributed by atoms with E-state index in [9.17, 15) is 14.4 Å². The van der Waals surface area contributed by atoms with Gasteiger partial charge in [-0.25, -0.2) is 10.2 Å². The predicted molar refractivity (Wildman–Crippen MR) is 123 cm³/mol. The van der Waals surface area contributed by atoms with Crippen LogP contribution in [0.3, 0.4) is 0 Å². The van der Waals surface area contributed by atoms with Crippen LogP contribution in [0.2, 0.25) is 0 Å². The van der Waals surface area contributed by atoms with Gasteiger partial charge in [-0.2, -0.15) is 5.10 Å². The lowest BCUT2D eigenvalue weighted by molar-refractivity contribution is -0.143. The Balaban J connectivity index is 1.94. The predicted octanol–water partition coefficient (Wildman–Crippen LogP) is 3.11. The fraction of sp³-hybridized carbons (Fsp3) is 0.273. The first kappa shape index (κ1) is 24.9. The van der Waals surface area contributed by atoms with Gasteiger partial charge in [0.25, 0.3) is 0 Å². The monoisotopic (exact) mass is 505 g/mol. The lowest BCUT2D eigenvalue weighted by Crippen LogP contribution is -2.24. The number of hydrazone groups is 1. The summed E-state index contributed by atoms with van der Waals surface area (Å²) in [5, 5.41) is 6.58. The van der Waals surface area contributed by atoms with E-state index in [-0.39, 0.29) is 13.0 Å². The van der Waals surface area contributed by atoms with Crippen LogP contribution in [0.25, 0.3) is 0 Å². The molecule has 2 aromatic rings. The molecule has 0 bridgehead atoms. The van der Waals surface area contributed by atoms with E-state index < -0.39 is 17.8 Å². The zero-order valence-electron chi connectivity index (χ0n) is 18.2. The minimum Gasteiger partial charge on any atom is -0.493 e. The Morgan fingerprint density at radius 3 is 2.50 bits per heavy atom. The number of benzene rings is 2. The molecular weight excluding hydrogens is 482 g/mol. The molecule has 0 atom stereocenters. The first-order chi connectivity index (χ1) is 15.2. The van der Waals surface area contributed by atoms with Crippen LogP contribution in [0, 0.1) is 13.8 Å². The number of carbonyl (C=O) groups is 3. The van der Waals surface area contributed by atoms with Crippen LogP contribution in [0.5, 0.6) is 11.5 Å². The third kappa shape index (κ3) is 7.38. The van der Waals surface area contributed by atoms with Crippen molar-refractivity contribution in [2.45, 2.75) is 20.3 Å². The maximum absolute atomic E-state index is 12.1. The van der Waals surface area contributed by atoms with Gasteiger partial charge in [-0.3, -0.25) is 9.59 Å². The summed E-state index contributed by atoms with van der Waals surface area (Å²) in [6, 6.07) is 8.89. The molecular formula is C22H24BrN3O6. The number of amides is 2. The summed E-state index contributed by atoms with van der Waals surface area (Å²) in [5.74, 6) is -0.867. The van der Waals surface area contributed by atoms with Crippen molar-refractivity contribution in [1.29, 1.82) is 0 Å². The van der Waals surface area contributed by atoms with Crippen LogP contribution >= 0.6 is 15.9 Å². The van der Waals surface area contributed by atoms with Gasteiger partial charge in [0, 0.05) is 5.69 Å². The molecule has 0 heterocycles. The summed E-state index contributed by atoms with van der Waals surface area (Å²) >= 11 is 3.35. The number of methoxy groups -OCH3 is 2. The van der Waals surface area contributed by atoms with Crippen LogP contribution in [-0.4, -0.2) is 44.8 Å². The standard InChI is InChI=1S/C22H24BrN3O6/c1-13-5-6-17(14(2)7-13)25-19(27)10-20(28)26-24-11-15-8-16(23)22(18(9-15)30-3)32-12-21(29)31-4/h5-9,11H,10,12H2,1-4H3,(H,25,27)(H,26,28). The topological polar surface area (TPSA) is 115 Å². The van der Waals surface area contributed by atoms with Crippen molar-refractivity contribution >= 4 is 45.6 Å². The molecule has 2 rings (SSSR count). The van der Waals surface area contributed by atoms with Crippen LogP contribution in [0.15, 0.2) is 39.9 Å². The second-order valence-corrected chi connectivity index (χ2v) is 7.59. The third-order valence-electron chi connectivity index (χ3n) is 4.19. The van der Waals surface area contributed by atoms with Gasteiger partial charge in [0.1, 0.15) is 6.42 Å². The van der Waals surface area contributed by atoms with E-state index in [4.69, 9.17) is 9.47 Å². The van der Waals surface area contributed by atoms with E-state index >= 15 is 0 Å². The van der Waals surface area contributed by atoms with Crippen molar-refractivity contribution in [2.24, 2.45) is 5.10 Å². The summed E-state index contributed by atoms with van der Waals surface area (Å²) in [6.45, 7) is 3.56. The summed E-state index contributed by atoms with van der Waals surface area (Å²) in [7, 11) is 2.71. The zero-order valence-corrected chi connectivity index (χ0v) is 19.7. The van der Waals surface area contributed by atoms with Crippen LogP contribution in [-0.2, 0) is 19.1 Å². The van der Waals surface area contributed by atoms with E-state index in [1.807, 2.05) is 26.0 Å². The average Bonchev–Trinajstić information content (AvgIpc) is 2.74. The van der Waals surface area contributed by atoms with Gasteiger partial charge in [0.05, 0.1) is 24.9 Å². The van der Waals surface area contributed by atoms with E-state index in [2.05, 4.69) is 36.5 Å². The number of anilines is 1. The minimum atomic E-state index is -0.562. The molecule has 0 spiro atoms. The van der Waals surface area contributed by atoms with E-state index in [1.54, 1.807) is 18.2 Å². The molecule has 32 heavy (non-hydrogen) atoms. The molecule has 0 saturated heterocycles. The van der Waals surface area contributed by atoms with Gasteiger partial charge < -0.3 is 19.5 Å². The van der Waals surface area contributed by atoms with Crippen LogP contribution < -0.4 is 20.2 Å². The lowest BCUT2D eigenvalue weighted by Gasteiger charge is -2.12. The van der Waals surface area contributed by atoms with Gasteiger partial charge in [-0.05, 0) is 59.1 Å². The molecule has 2 aromatic carbocycles. The van der Waals surface area contributed by atoms with Gasteiger partial charge in [-0.1, -0.05) is 17.7 Å². The third-order valence-corrected chi connectivity index (χ3v) is 4.78. The highest BCUT2D eigenvalue weighted by Crippen LogP contribution is 2.36. The Bertz CT molecular complexity index is 1040. The van der Waals surface area contributed by atoms with Gasteiger partial charge >= 0.3 is 5.97 Å². The molecule has 0 unspecified atom stereocenters. The highest BCUT2D eigenvalue weighted by molar-refractivity contribution is 9.10. The number of ether oxygens (including phenoxy) is 3. The number of halogens is 1. The number of carbonyl (C=O) groups excluding carboxylic acids is 3. The highest BCUT2D eigenvalue weighted by Gasteiger charge is 2.14. The molecule has 10 heteroatoms. The zero-order chi connectivity index (χ0) is 23.7. The Morgan fingerprint density at radius 1 is 1.09 bits per heavy atom. The van der Waals surface area contributed by atoms with Gasteiger partial charge in [0.15, 0.2) is 18.1 Å². The summed E-state index contributed by atoms with van der Waals surface area (Å²) < 4.78 is 15.7. The largest absolute Gasteiger partial charge is 0.493 e. The quantitative estimate of drug-likeness (QED) is 0.234. The maximum Gasteiger partial charge on any atom is 0.343 e. The molecule has 0 aromatic heterocycles. The molecule has 0 aliphatic rings. The Labute approximate surface area is 194 Å². The molecule has 0 aliphatic carbocycles. The molecule has 170 valence electrons. The molecule has 0 aliphatic heterocycles. The second-order valence-electron chi connectivity index (χ2n) is 6.74. The molecule has 0 radical (unpaired) electrons. The Morgan fingerprint density at radius 2 is 1.84 bits per heavy atom. The number of nitrogens with zero attached hydrogens (tertiary/aromatic N) is 1. The Hall–Kier alpha value is -3.40. The van der Waals surface area contributed by atoms with Gasteiger partial charge in [-0.15, -0.1) is 0 Å². The SMILES string of the molecule is COC(=O)COc1c(Br)cc(C=NNC(=O)CC(=O)Nc2ccc(C)cc2C)cc1OC. The normalized spacial score (nSPS) is 10.5. The number of hydrogen-bond donors (Lipinski definition) is 2. The first-order valence-electron chi connectivity index (χ1n) is 9.49. The van der Waals surface area contributed by atoms with Crippen molar-refractivity contribution in [3.8, 4) is 11.5 Å². The molecule has 0 fully saturated rings. The lowest BCUT2D eigenvalue weighted by atomic mass is 10.1. The second kappa shape index (κ2) is 11.8. The van der Waals surface area contributed by atoms with Crippen LogP contribution in [0.1, 0.15) is 23.1 Å². The number of esters is 1. The van der Waals surface area contributed by atoms with Crippen LogP contribution in [0.4, 0.5) is 5.69 Å². The first-order valence-corrected chi connectivity index (χ1v) is 10.3. The fourth-order valence-corrected chi connectivity index (χ4v) is 3.23. The number of rotatable bonds is 9. The van der Waals surface area contributed by atoms with Crippen molar-refractivity contribution in [3.05, 3.63) is 51.5 Å². The van der Waals surface area contributed by atoms with Crippen molar-refractivity contribution in [3.63, 3.8) is 0 Å². The van der Waals surface area contributed by atoms with E-state index in [0.717, 1.165) is 11.1 Å². The minimum absolute atomic E-state index is 0.279. The number of hydrogen-bond acceptors (Lipinski definition) is 7. The summed E-state index contributed by atoms with van der Waals surface area (Å²) in [4.78, 5) is 35.4. The number of aryl methyl sites for hydroxylation is 2. The van der Waals surface area contributed by atoms with Crippen molar-refractivity contribution < 1.29 is 28.6 Å². The smallest absolute Gasteiger partial charge is 0.343 e. The Kier molecular flexibility index (Phi) is 9.21. The van der Waals surface area contributed by atoms with Crippen molar-refractivity contribution in [2.75, 3.05) is 26.1 Å². The molecule has 2 amide bonds. The van der Waals surface area contributed by atoms with E-state index in [0.29, 0.717) is 27.2 Å². The molecule has 9 nitrogen and oxygen atoms in total. The number of nitrogens with one attached hydrogen (secondary N) is 2. The van der Waals surface area contributed by atoms with Gasteiger partial charge in [0.2, 0.25) is 11.8 Å². The molecule has 0 saturated carbocycles.